The molecule has 16 heavy (non-hydrogen) atoms. The Hall–Kier alpha value is -1.56. The van der Waals surface area contributed by atoms with Crippen molar-refractivity contribution < 1.29 is 4.39 Å². The van der Waals surface area contributed by atoms with Crippen molar-refractivity contribution in [2.75, 3.05) is 5.32 Å². The Kier molecular flexibility index (Phi) is 2.59. The molecule has 3 heteroatoms. The molecule has 1 N–H and O–H groups in total. The van der Waals surface area contributed by atoms with Crippen LogP contribution in [0.25, 0.3) is 0 Å². The van der Waals surface area contributed by atoms with Crippen LogP contribution in [0.5, 0.6) is 0 Å². The first-order valence-corrected chi connectivity index (χ1v) is 5.52. The summed E-state index contributed by atoms with van der Waals surface area (Å²) in [6.45, 7) is 4.29. The SMILES string of the molecule is CC(Nc1cccc(F)c1C#N)C1(C)CC1. The third-order valence-corrected chi connectivity index (χ3v) is 3.58. The summed E-state index contributed by atoms with van der Waals surface area (Å²) in [5.41, 5.74) is 1.01. The zero-order valence-corrected chi connectivity index (χ0v) is 9.55. The highest BCUT2D eigenvalue weighted by Crippen LogP contribution is 2.48. The van der Waals surface area contributed by atoms with Crippen molar-refractivity contribution in [1.82, 2.24) is 0 Å². The van der Waals surface area contributed by atoms with Gasteiger partial charge in [-0.1, -0.05) is 13.0 Å². The van der Waals surface area contributed by atoms with Gasteiger partial charge in [0.15, 0.2) is 0 Å². The van der Waals surface area contributed by atoms with E-state index in [1.165, 1.54) is 18.9 Å². The lowest BCUT2D eigenvalue weighted by Gasteiger charge is -2.22. The van der Waals surface area contributed by atoms with Gasteiger partial charge in [-0.2, -0.15) is 5.26 Å². The van der Waals surface area contributed by atoms with Gasteiger partial charge in [0.05, 0.1) is 5.69 Å². The number of benzene rings is 1. The molecule has 0 radical (unpaired) electrons. The molecule has 1 unspecified atom stereocenters. The highest BCUT2D eigenvalue weighted by atomic mass is 19.1. The third kappa shape index (κ3) is 1.88. The molecule has 2 nitrogen and oxygen atoms in total. The molecule has 2 rings (SSSR count). The van der Waals surface area contributed by atoms with E-state index in [-0.39, 0.29) is 11.6 Å². The van der Waals surface area contributed by atoms with Gasteiger partial charge in [0.25, 0.3) is 0 Å². The highest BCUT2D eigenvalue weighted by molar-refractivity contribution is 5.58. The van der Waals surface area contributed by atoms with Crippen LogP contribution in [0.4, 0.5) is 10.1 Å². The Labute approximate surface area is 95.1 Å². The third-order valence-electron chi connectivity index (χ3n) is 3.58. The van der Waals surface area contributed by atoms with Gasteiger partial charge in [-0.05, 0) is 37.3 Å². The van der Waals surface area contributed by atoms with E-state index in [9.17, 15) is 4.39 Å². The summed E-state index contributed by atoms with van der Waals surface area (Å²) < 4.78 is 13.4. The maximum atomic E-state index is 13.4. The van der Waals surface area contributed by atoms with Gasteiger partial charge in [0, 0.05) is 6.04 Å². The number of nitrogens with one attached hydrogen (secondary N) is 1. The number of hydrogen-bond acceptors (Lipinski definition) is 2. The molecule has 1 aromatic rings. The minimum Gasteiger partial charge on any atom is -0.381 e. The van der Waals surface area contributed by atoms with Gasteiger partial charge < -0.3 is 5.32 Å². The number of hydrogen-bond donors (Lipinski definition) is 1. The Bertz CT molecular complexity index is 444. The van der Waals surface area contributed by atoms with E-state index in [1.807, 2.05) is 6.07 Å². The van der Waals surface area contributed by atoms with E-state index >= 15 is 0 Å². The first-order valence-electron chi connectivity index (χ1n) is 5.52. The molecule has 84 valence electrons. The van der Waals surface area contributed by atoms with Crippen molar-refractivity contribution in [3.05, 3.63) is 29.6 Å². The summed E-state index contributed by atoms with van der Waals surface area (Å²) >= 11 is 0. The van der Waals surface area contributed by atoms with E-state index in [4.69, 9.17) is 5.26 Å². The Morgan fingerprint density at radius 2 is 2.19 bits per heavy atom. The fraction of sp³-hybridized carbons (Fsp3) is 0.462. The lowest BCUT2D eigenvalue weighted by molar-refractivity contribution is 0.493. The smallest absolute Gasteiger partial charge is 0.143 e. The number of rotatable bonds is 3. The zero-order chi connectivity index (χ0) is 11.8. The Balaban J connectivity index is 2.22. The highest BCUT2D eigenvalue weighted by Gasteiger charge is 2.42. The Morgan fingerprint density at radius 3 is 2.75 bits per heavy atom. The quantitative estimate of drug-likeness (QED) is 0.845. The maximum Gasteiger partial charge on any atom is 0.143 e. The number of halogens is 1. The van der Waals surface area contributed by atoms with Crippen LogP contribution in [0.2, 0.25) is 0 Å². The normalized spacial score (nSPS) is 18.6. The predicted molar refractivity (Wildman–Crippen MR) is 61.5 cm³/mol. The molecule has 1 atom stereocenters. The van der Waals surface area contributed by atoms with E-state index in [2.05, 4.69) is 19.2 Å². The fourth-order valence-electron chi connectivity index (χ4n) is 1.80. The van der Waals surface area contributed by atoms with Crippen molar-refractivity contribution in [3.8, 4) is 6.07 Å². The van der Waals surface area contributed by atoms with Crippen LogP contribution in [-0.2, 0) is 0 Å². The summed E-state index contributed by atoms with van der Waals surface area (Å²) in [4.78, 5) is 0. The van der Waals surface area contributed by atoms with Crippen LogP contribution >= 0.6 is 0 Å². The van der Waals surface area contributed by atoms with Crippen molar-refractivity contribution in [1.29, 1.82) is 5.26 Å². The molecule has 1 aliphatic rings. The van der Waals surface area contributed by atoms with Crippen LogP contribution in [0, 0.1) is 22.6 Å². The summed E-state index contributed by atoms with van der Waals surface area (Å²) in [5, 5.41) is 12.1. The lowest BCUT2D eigenvalue weighted by Crippen LogP contribution is -2.25. The first kappa shape index (κ1) is 10.9. The molecule has 0 heterocycles. The van der Waals surface area contributed by atoms with Crippen LogP contribution in [0.1, 0.15) is 32.3 Å². The fourth-order valence-corrected chi connectivity index (χ4v) is 1.80. The standard InChI is InChI=1S/C13H15FN2/c1-9(13(2)6-7-13)16-12-5-3-4-11(14)10(12)8-15/h3-5,9,16H,6-7H2,1-2H3. The van der Waals surface area contributed by atoms with Crippen molar-refractivity contribution >= 4 is 5.69 Å². The second-order valence-corrected chi connectivity index (χ2v) is 4.79. The molecule has 0 amide bonds. The van der Waals surface area contributed by atoms with E-state index in [0.29, 0.717) is 11.1 Å². The molecular formula is C13H15FN2. The summed E-state index contributed by atoms with van der Waals surface area (Å²) in [5.74, 6) is -0.458. The maximum absolute atomic E-state index is 13.4. The number of nitrogens with zero attached hydrogens (tertiary/aromatic N) is 1. The van der Waals surface area contributed by atoms with E-state index in [1.54, 1.807) is 12.1 Å². The minimum atomic E-state index is -0.458. The molecule has 0 spiro atoms. The molecule has 0 aromatic heterocycles. The van der Waals surface area contributed by atoms with Crippen molar-refractivity contribution in [2.45, 2.75) is 32.7 Å². The average Bonchev–Trinajstić information content (AvgIpc) is 2.98. The molecule has 0 saturated heterocycles. The molecule has 1 fully saturated rings. The minimum absolute atomic E-state index is 0.110. The number of nitriles is 1. The van der Waals surface area contributed by atoms with Crippen molar-refractivity contribution in [2.24, 2.45) is 5.41 Å². The van der Waals surface area contributed by atoms with Gasteiger partial charge in [0.1, 0.15) is 17.4 Å². The van der Waals surface area contributed by atoms with E-state index < -0.39 is 5.82 Å². The summed E-state index contributed by atoms with van der Waals surface area (Å²) in [6, 6.07) is 6.86. The van der Waals surface area contributed by atoms with Gasteiger partial charge in [-0.3, -0.25) is 0 Å². The van der Waals surface area contributed by atoms with Crippen LogP contribution < -0.4 is 5.32 Å². The molecule has 1 aromatic carbocycles. The van der Waals surface area contributed by atoms with Gasteiger partial charge in [0.2, 0.25) is 0 Å². The second-order valence-electron chi connectivity index (χ2n) is 4.79. The Morgan fingerprint density at radius 1 is 1.50 bits per heavy atom. The van der Waals surface area contributed by atoms with E-state index in [0.717, 1.165) is 0 Å². The average molecular weight is 218 g/mol. The van der Waals surface area contributed by atoms with Gasteiger partial charge in [-0.25, -0.2) is 4.39 Å². The van der Waals surface area contributed by atoms with Gasteiger partial charge >= 0.3 is 0 Å². The summed E-state index contributed by atoms with van der Waals surface area (Å²) in [6.07, 6.45) is 2.39. The lowest BCUT2D eigenvalue weighted by atomic mass is 10.00. The molecular weight excluding hydrogens is 203 g/mol. The topological polar surface area (TPSA) is 35.8 Å². The second kappa shape index (κ2) is 3.79. The molecule has 1 saturated carbocycles. The van der Waals surface area contributed by atoms with Crippen LogP contribution in [0.15, 0.2) is 18.2 Å². The van der Waals surface area contributed by atoms with Crippen LogP contribution in [-0.4, -0.2) is 6.04 Å². The first-order chi connectivity index (χ1) is 7.57. The van der Waals surface area contributed by atoms with Crippen molar-refractivity contribution in [3.63, 3.8) is 0 Å². The molecule has 1 aliphatic carbocycles. The predicted octanol–water partition coefficient (Wildman–Crippen LogP) is 3.30. The number of anilines is 1. The van der Waals surface area contributed by atoms with Crippen LogP contribution in [0.3, 0.4) is 0 Å². The largest absolute Gasteiger partial charge is 0.381 e. The molecule has 0 bridgehead atoms. The molecule has 0 aliphatic heterocycles. The zero-order valence-electron chi connectivity index (χ0n) is 9.55. The summed E-state index contributed by atoms with van der Waals surface area (Å²) in [7, 11) is 0. The monoisotopic (exact) mass is 218 g/mol. The van der Waals surface area contributed by atoms with Gasteiger partial charge in [-0.15, -0.1) is 0 Å².